The molecule has 1 N–H and O–H groups in total. The highest BCUT2D eigenvalue weighted by molar-refractivity contribution is 9.10. The van der Waals surface area contributed by atoms with Gasteiger partial charge in [0.15, 0.2) is 0 Å². The molecule has 0 bridgehead atoms. The van der Waals surface area contributed by atoms with Gasteiger partial charge in [0.2, 0.25) is 0 Å². The number of fused-ring (bicyclic) bond motifs is 1. The van der Waals surface area contributed by atoms with E-state index in [1.807, 2.05) is 0 Å². The molecule has 76 valence electrons. The summed E-state index contributed by atoms with van der Waals surface area (Å²) in [7, 11) is 0. The van der Waals surface area contributed by atoms with Gasteiger partial charge in [0.05, 0.1) is 15.8 Å². The van der Waals surface area contributed by atoms with Crippen LogP contribution in [0.1, 0.15) is 6.92 Å². The number of nitrogens with zero attached hydrogens (tertiary/aromatic N) is 1. The van der Waals surface area contributed by atoms with Crippen LogP contribution in [-0.2, 0) is 0 Å². The van der Waals surface area contributed by atoms with Crippen LogP contribution in [0.25, 0.3) is 0 Å². The molecule has 0 amide bonds. The predicted octanol–water partition coefficient (Wildman–Crippen LogP) is 2.84. The molecule has 0 aliphatic carbocycles. The molecule has 0 unspecified atom stereocenters. The highest BCUT2D eigenvalue weighted by Crippen LogP contribution is 2.33. The summed E-state index contributed by atoms with van der Waals surface area (Å²) < 4.78 is 13.8. The first-order chi connectivity index (χ1) is 6.72. The highest BCUT2D eigenvalue weighted by atomic mass is 79.9. The normalized spacial score (nSPS) is 14.9. The van der Waals surface area contributed by atoms with Gasteiger partial charge in [-0.05, 0) is 28.9 Å². The molecule has 1 aromatic rings. The van der Waals surface area contributed by atoms with Crippen LogP contribution in [0.3, 0.4) is 0 Å². The van der Waals surface area contributed by atoms with Crippen molar-refractivity contribution in [1.82, 2.24) is 0 Å². The number of nitrogens with one attached hydrogen (secondary N) is 1. The summed E-state index contributed by atoms with van der Waals surface area (Å²) in [5, 5.41) is 3.26. The minimum atomic E-state index is -0.203. The van der Waals surface area contributed by atoms with E-state index in [4.69, 9.17) is 0 Å². The Morgan fingerprint density at radius 1 is 1.57 bits per heavy atom. The molecule has 0 spiro atoms. The zero-order valence-electron chi connectivity index (χ0n) is 7.98. The Labute approximate surface area is 91.2 Å². The molecule has 0 saturated carbocycles. The second-order valence-electron chi connectivity index (χ2n) is 3.29. The van der Waals surface area contributed by atoms with Crippen molar-refractivity contribution in [3.63, 3.8) is 0 Å². The number of likely N-dealkylation sites (N-methyl/N-ethyl adjacent to an activating group) is 1. The lowest BCUT2D eigenvalue weighted by Crippen LogP contribution is -2.33. The molecule has 1 aliphatic heterocycles. The monoisotopic (exact) mass is 258 g/mol. The van der Waals surface area contributed by atoms with Crippen molar-refractivity contribution in [3.05, 3.63) is 22.4 Å². The van der Waals surface area contributed by atoms with Crippen molar-refractivity contribution in [3.8, 4) is 0 Å². The molecule has 1 aliphatic rings. The molecule has 4 heteroatoms. The first-order valence-corrected chi connectivity index (χ1v) is 5.49. The van der Waals surface area contributed by atoms with E-state index in [9.17, 15) is 4.39 Å². The van der Waals surface area contributed by atoms with Gasteiger partial charge >= 0.3 is 0 Å². The fourth-order valence-corrected chi connectivity index (χ4v) is 2.06. The Bertz CT molecular complexity index is 354. The van der Waals surface area contributed by atoms with E-state index >= 15 is 0 Å². The van der Waals surface area contributed by atoms with Crippen molar-refractivity contribution in [2.24, 2.45) is 0 Å². The fraction of sp³-hybridized carbons (Fsp3) is 0.400. The third-order valence-electron chi connectivity index (χ3n) is 2.46. The Kier molecular flexibility index (Phi) is 2.63. The topological polar surface area (TPSA) is 15.3 Å². The van der Waals surface area contributed by atoms with Crippen LogP contribution in [0.5, 0.6) is 0 Å². The third-order valence-corrected chi connectivity index (χ3v) is 3.07. The summed E-state index contributed by atoms with van der Waals surface area (Å²) in [4.78, 5) is 2.17. The summed E-state index contributed by atoms with van der Waals surface area (Å²) in [5.74, 6) is -0.203. The second kappa shape index (κ2) is 3.77. The Morgan fingerprint density at radius 2 is 2.36 bits per heavy atom. The summed E-state index contributed by atoms with van der Waals surface area (Å²) in [6.07, 6.45) is 0. The van der Waals surface area contributed by atoms with Gasteiger partial charge < -0.3 is 10.2 Å². The van der Waals surface area contributed by atoms with Crippen molar-refractivity contribution in [2.45, 2.75) is 6.92 Å². The number of anilines is 2. The summed E-state index contributed by atoms with van der Waals surface area (Å²) in [6.45, 7) is 4.84. The van der Waals surface area contributed by atoms with E-state index in [2.05, 4.69) is 33.1 Å². The molecule has 1 aromatic carbocycles. The summed E-state index contributed by atoms with van der Waals surface area (Å²) in [5.41, 5.74) is 1.96. The minimum absolute atomic E-state index is 0.203. The van der Waals surface area contributed by atoms with Crippen LogP contribution in [-0.4, -0.2) is 19.6 Å². The number of benzene rings is 1. The summed E-state index contributed by atoms with van der Waals surface area (Å²) >= 11 is 3.18. The molecule has 1 heterocycles. The first kappa shape index (κ1) is 9.77. The van der Waals surface area contributed by atoms with E-state index in [1.54, 1.807) is 12.1 Å². The van der Waals surface area contributed by atoms with E-state index < -0.39 is 0 Å². The first-order valence-electron chi connectivity index (χ1n) is 4.70. The molecule has 0 radical (unpaired) electrons. The lowest BCUT2D eigenvalue weighted by molar-refractivity contribution is 0.619. The van der Waals surface area contributed by atoms with Crippen molar-refractivity contribution in [2.75, 3.05) is 29.9 Å². The molecule has 14 heavy (non-hydrogen) atoms. The third kappa shape index (κ3) is 1.59. The van der Waals surface area contributed by atoms with Crippen LogP contribution < -0.4 is 10.2 Å². The Morgan fingerprint density at radius 3 is 3.07 bits per heavy atom. The number of rotatable bonds is 1. The molecular formula is C10H12BrFN2. The van der Waals surface area contributed by atoms with Gasteiger partial charge in [-0.3, -0.25) is 0 Å². The van der Waals surface area contributed by atoms with Gasteiger partial charge in [-0.15, -0.1) is 0 Å². The minimum Gasteiger partial charge on any atom is -0.382 e. The SMILES string of the molecule is CCN1CCNc2cc(Br)c(F)cc21. The lowest BCUT2D eigenvalue weighted by atomic mass is 10.2. The zero-order chi connectivity index (χ0) is 10.1. The van der Waals surface area contributed by atoms with Gasteiger partial charge in [-0.25, -0.2) is 4.39 Å². The summed E-state index contributed by atoms with van der Waals surface area (Å²) in [6, 6.07) is 3.38. The Balaban J connectivity index is 2.47. The highest BCUT2D eigenvalue weighted by Gasteiger charge is 2.17. The van der Waals surface area contributed by atoms with Crippen LogP contribution in [0.2, 0.25) is 0 Å². The largest absolute Gasteiger partial charge is 0.382 e. The van der Waals surface area contributed by atoms with Gasteiger partial charge in [-0.1, -0.05) is 0 Å². The van der Waals surface area contributed by atoms with Gasteiger partial charge in [0, 0.05) is 25.7 Å². The van der Waals surface area contributed by atoms with Crippen LogP contribution in [0.15, 0.2) is 16.6 Å². The maximum atomic E-state index is 13.3. The quantitative estimate of drug-likeness (QED) is 0.834. The average molecular weight is 259 g/mol. The molecule has 2 rings (SSSR count). The molecule has 0 fully saturated rings. The van der Waals surface area contributed by atoms with Gasteiger partial charge in [0.1, 0.15) is 5.82 Å². The van der Waals surface area contributed by atoms with E-state index in [0.717, 1.165) is 31.0 Å². The number of halogens is 2. The zero-order valence-corrected chi connectivity index (χ0v) is 9.57. The van der Waals surface area contributed by atoms with Crippen molar-refractivity contribution >= 4 is 27.3 Å². The van der Waals surface area contributed by atoms with Crippen LogP contribution in [0.4, 0.5) is 15.8 Å². The molecular weight excluding hydrogens is 247 g/mol. The standard InChI is InChI=1S/C10H12BrFN2/c1-2-14-4-3-13-9-5-7(11)8(12)6-10(9)14/h5-6,13H,2-4H2,1H3. The molecule has 0 atom stereocenters. The van der Waals surface area contributed by atoms with E-state index in [1.165, 1.54) is 0 Å². The second-order valence-corrected chi connectivity index (χ2v) is 4.14. The van der Waals surface area contributed by atoms with Crippen LogP contribution >= 0.6 is 15.9 Å². The Hall–Kier alpha value is -0.770. The van der Waals surface area contributed by atoms with E-state index in [-0.39, 0.29) is 5.82 Å². The van der Waals surface area contributed by atoms with Crippen molar-refractivity contribution < 1.29 is 4.39 Å². The van der Waals surface area contributed by atoms with E-state index in [0.29, 0.717) is 4.47 Å². The molecule has 0 aromatic heterocycles. The lowest BCUT2D eigenvalue weighted by Gasteiger charge is -2.31. The molecule has 0 saturated heterocycles. The smallest absolute Gasteiger partial charge is 0.139 e. The molecule has 2 nitrogen and oxygen atoms in total. The predicted molar refractivity (Wildman–Crippen MR) is 60.5 cm³/mol. The van der Waals surface area contributed by atoms with Crippen LogP contribution in [0, 0.1) is 5.82 Å². The van der Waals surface area contributed by atoms with Gasteiger partial charge in [0.25, 0.3) is 0 Å². The number of hydrogen-bond acceptors (Lipinski definition) is 2. The maximum absolute atomic E-state index is 13.3. The average Bonchev–Trinajstić information content (AvgIpc) is 2.19. The number of hydrogen-bond donors (Lipinski definition) is 1. The van der Waals surface area contributed by atoms with Gasteiger partial charge in [-0.2, -0.15) is 0 Å². The van der Waals surface area contributed by atoms with Crippen molar-refractivity contribution in [1.29, 1.82) is 0 Å². The maximum Gasteiger partial charge on any atom is 0.139 e. The fourth-order valence-electron chi connectivity index (χ4n) is 1.71.